The van der Waals surface area contributed by atoms with Gasteiger partial charge in [-0.15, -0.1) is 0 Å². The van der Waals surface area contributed by atoms with Crippen molar-refractivity contribution in [1.82, 2.24) is 9.78 Å². The molecule has 0 unspecified atom stereocenters. The minimum Gasteiger partial charge on any atom is -0.508 e. The molecule has 0 saturated carbocycles. The number of amides is 1. The number of phenolic OH excluding ortho intramolecular Hbond substituents is 1. The number of rotatable bonds is 5. The van der Waals surface area contributed by atoms with Gasteiger partial charge in [-0.05, 0) is 49.1 Å². The number of aryl methyl sites for hydroxylation is 3. The molecular formula is C17H23N3O2. The summed E-state index contributed by atoms with van der Waals surface area (Å²) in [7, 11) is 0. The number of carbonyl (C=O) groups is 1. The first-order chi connectivity index (χ1) is 10.4. The molecule has 22 heavy (non-hydrogen) atoms. The average Bonchev–Trinajstić information content (AvgIpc) is 2.85. The topological polar surface area (TPSA) is 67.2 Å². The molecule has 0 bridgehead atoms. The zero-order chi connectivity index (χ0) is 16.3. The maximum absolute atomic E-state index is 12.1. The summed E-state index contributed by atoms with van der Waals surface area (Å²) in [6, 6.07) is 5.46. The van der Waals surface area contributed by atoms with Crippen molar-refractivity contribution in [2.45, 2.75) is 46.6 Å². The number of hydrogen-bond acceptors (Lipinski definition) is 3. The van der Waals surface area contributed by atoms with Gasteiger partial charge in [0.2, 0.25) is 5.91 Å². The molecule has 0 aliphatic carbocycles. The summed E-state index contributed by atoms with van der Waals surface area (Å²) >= 11 is 0. The van der Waals surface area contributed by atoms with Crippen molar-refractivity contribution in [2.24, 2.45) is 0 Å². The van der Waals surface area contributed by atoms with E-state index in [0.29, 0.717) is 13.0 Å². The fraction of sp³-hybridized carbons (Fsp3) is 0.412. The van der Waals surface area contributed by atoms with Crippen LogP contribution in [0.1, 0.15) is 43.0 Å². The number of nitrogens with one attached hydrogen (secondary N) is 1. The van der Waals surface area contributed by atoms with Gasteiger partial charge in [0.05, 0.1) is 5.69 Å². The number of hydrogen-bond donors (Lipinski definition) is 2. The zero-order valence-corrected chi connectivity index (χ0v) is 13.6. The van der Waals surface area contributed by atoms with E-state index in [1.165, 1.54) is 0 Å². The Morgan fingerprint density at radius 3 is 2.68 bits per heavy atom. The molecule has 1 heterocycles. The maximum Gasteiger partial charge on any atom is 0.226 e. The molecule has 2 N–H and O–H groups in total. The summed E-state index contributed by atoms with van der Waals surface area (Å²) in [5.41, 5.74) is 3.38. The van der Waals surface area contributed by atoms with Crippen LogP contribution < -0.4 is 5.32 Å². The Kier molecular flexibility index (Phi) is 4.85. The van der Waals surface area contributed by atoms with Gasteiger partial charge in [-0.25, -0.2) is 0 Å². The van der Waals surface area contributed by atoms with Crippen molar-refractivity contribution in [2.75, 3.05) is 5.32 Å². The lowest BCUT2D eigenvalue weighted by atomic mass is 9.99. The van der Waals surface area contributed by atoms with E-state index in [1.807, 2.05) is 46.0 Å². The molecule has 0 fully saturated rings. The molecule has 2 aromatic rings. The van der Waals surface area contributed by atoms with Gasteiger partial charge in [0, 0.05) is 24.8 Å². The highest BCUT2D eigenvalue weighted by atomic mass is 16.3. The van der Waals surface area contributed by atoms with Crippen LogP contribution in [0.15, 0.2) is 24.4 Å². The highest BCUT2D eigenvalue weighted by molar-refractivity contribution is 5.91. The second kappa shape index (κ2) is 6.64. The summed E-state index contributed by atoms with van der Waals surface area (Å²) in [4.78, 5) is 12.1. The Hall–Kier alpha value is -2.30. The van der Waals surface area contributed by atoms with E-state index in [9.17, 15) is 9.90 Å². The van der Waals surface area contributed by atoms with Crippen LogP contribution in [-0.2, 0) is 11.3 Å². The van der Waals surface area contributed by atoms with Crippen LogP contribution in [0, 0.1) is 13.8 Å². The Balaban J connectivity index is 2.03. The lowest BCUT2D eigenvalue weighted by Gasteiger charge is -2.14. The number of anilines is 1. The highest BCUT2D eigenvalue weighted by Gasteiger charge is 2.12. The van der Waals surface area contributed by atoms with Crippen molar-refractivity contribution >= 4 is 11.6 Å². The van der Waals surface area contributed by atoms with Gasteiger partial charge in [-0.3, -0.25) is 9.48 Å². The summed E-state index contributed by atoms with van der Waals surface area (Å²) in [5.74, 6) is 0.414. The van der Waals surface area contributed by atoms with E-state index in [2.05, 4.69) is 10.4 Å². The largest absolute Gasteiger partial charge is 0.508 e. The average molecular weight is 301 g/mol. The Morgan fingerprint density at radius 1 is 1.36 bits per heavy atom. The maximum atomic E-state index is 12.1. The van der Waals surface area contributed by atoms with Gasteiger partial charge in [-0.2, -0.15) is 5.10 Å². The molecule has 5 heteroatoms. The van der Waals surface area contributed by atoms with E-state index in [-0.39, 0.29) is 17.6 Å². The number of benzene rings is 1. The van der Waals surface area contributed by atoms with Gasteiger partial charge < -0.3 is 10.4 Å². The van der Waals surface area contributed by atoms with Crippen molar-refractivity contribution < 1.29 is 9.90 Å². The van der Waals surface area contributed by atoms with Crippen LogP contribution in [0.2, 0.25) is 0 Å². The van der Waals surface area contributed by atoms with Crippen LogP contribution in [0.25, 0.3) is 0 Å². The third-order valence-electron chi connectivity index (χ3n) is 3.61. The van der Waals surface area contributed by atoms with E-state index in [1.54, 1.807) is 10.7 Å². The monoisotopic (exact) mass is 301 g/mol. The second-order valence-electron chi connectivity index (χ2n) is 5.90. The lowest BCUT2D eigenvalue weighted by Crippen LogP contribution is -2.15. The normalized spacial score (nSPS) is 11.0. The van der Waals surface area contributed by atoms with Crippen molar-refractivity contribution in [1.29, 1.82) is 0 Å². The minimum absolute atomic E-state index is 0.0587. The molecule has 0 aliphatic heterocycles. The van der Waals surface area contributed by atoms with E-state index >= 15 is 0 Å². The molecular weight excluding hydrogens is 278 g/mol. The molecule has 1 amide bonds. The molecule has 1 aromatic carbocycles. The van der Waals surface area contributed by atoms with Crippen LogP contribution >= 0.6 is 0 Å². The van der Waals surface area contributed by atoms with Gasteiger partial charge in [0.25, 0.3) is 0 Å². The molecule has 0 spiro atoms. The SMILES string of the molecule is Cc1ccn(CCC(=O)Nc2cc(C(C)C)c(O)cc2C)n1. The number of phenols is 1. The Labute approximate surface area is 131 Å². The Morgan fingerprint density at radius 2 is 2.09 bits per heavy atom. The molecule has 0 atom stereocenters. The van der Waals surface area contributed by atoms with Gasteiger partial charge in [0.15, 0.2) is 0 Å². The molecule has 2 rings (SSSR count). The summed E-state index contributed by atoms with van der Waals surface area (Å²) in [6.07, 6.45) is 2.23. The van der Waals surface area contributed by atoms with Crippen molar-refractivity contribution in [3.05, 3.63) is 41.2 Å². The fourth-order valence-electron chi connectivity index (χ4n) is 2.32. The molecule has 118 valence electrons. The highest BCUT2D eigenvalue weighted by Crippen LogP contribution is 2.31. The third-order valence-corrected chi connectivity index (χ3v) is 3.61. The van der Waals surface area contributed by atoms with E-state index in [4.69, 9.17) is 0 Å². The summed E-state index contributed by atoms with van der Waals surface area (Å²) in [5, 5.41) is 17.1. The van der Waals surface area contributed by atoms with Crippen molar-refractivity contribution in [3.8, 4) is 5.75 Å². The molecule has 5 nitrogen and oxygen atoms in total. The predicted octanol–water partition coefficient (Wildman–Crippen LogP) is 3.36. The van der Waals surface area contributed by atoms with Gasteiger partial charge in [-0.1, -0.05) is 13.8 Å². The number of nitrogens with zero attached hydrogens (tertiary/aromatic N) is 2. The van der Waals surface area contributed by atoms with Crippen LogP contribution in [0.3, 0.4) is 0 Å². The smallest absolute Gasteiger partial charge is 0.226 e. The first kappa shape index (κ1) is 16.1. The molecule has 0 radical (unpaired) electrons. The number of aromatic hydroxyl groups is 1. The Bertz CT molecular complexity index is 675. The third kappa shape index (κ3) is 3.87. The quantitative estimate of drug-likeness (QED) is 0.832. The first-order valence-corrected chi connectivity index (χ1v) is 7.50. The van der Waals surface area contributed by atoms with E-state index in [0.717, 1.165) is 22.5 Å². The molecule has 0 saturated heterocycles. The van der Waals surface area contributed by atoms with E-state index < -0.39 is 0 Å². The fourth-order valence-corrected chi connectivity index (χ4v) is 2.32. The first-order valence-electron chi connectivity index (χ1n) is 7.50. The van der Waals surface area contributed by atoms with Crippen LogP contribution in [0.5, 0.6) is 5.75 Å². The van der Waals surface area contributed by atoms with Crippen LogP contribution in [-0.4, -0.2) is 20.8 Å². The zero-order valence-electron chi connectivity index (χ0n) is 13.6. The second-order valence-corrected chi connectivity index (χ2v) is 5.90. The molecule has 0 aliphatic rings. The van der Waals surface area contributed by atoms with Crippen LogP contribution in [0.4, 0.5) is 5.69 Å². The van der Waals surface area contributed by atoms with Gasteiger partial charge >= 0.3 is 0 Å². The lowest BCUT2D eigenvalue weighted by molar-refractivity contribution is -0.116. The summed E-state index contributed by atoms with van der Waals surface area (Å²) < 4.78 is 1.76. The number of carbonyl (C=O) groups excluding carboxylic acids is 1. The standard InChI is InChI=1S/C17H23N3O2/c1-11(2)14-10-15(12(3)9-16(14)21)18-17(22)6-8-20-7-5-13(4)19-20/h5,7,9-11,21H,6,8H2,1-4H3,(H,18,22). The van der Waals surface area contributed by atoms with Crippen molar-refractivity contribution in [3.63, 3.8) is 0 Å². The van der Waals surface area contributed by atoms with Gasteiger partial charge in [0.1, 0.15) is 5.75 Å². The summed E-state index contributed by atoms with van der Waals surface area (Å²) in [6.45, 7) is 8.36. The number of aromatic nitrogens is 2. The minimum atomic E-state index is -0.0587. The molecule has 1 aromatic heterocycles. The predicted molar refractivity (Wildman–Crippen MR) is 87.1 cm³/mol.